The fourth-order valence-electron chi connectivity index (χ4n) is 1.86. The molecule has 0 saturated carbocycles. The summed E-state index contributed by atoms with van der Waals surface area (Å²) in [6, 6.07) is 11.6. The van der Waals surface area contributed by atoms with Gasteiger partial charge in [-0.25, -0.2) is 0 Å². The quantitative estimate of drug-likeness (QED) is 0.911. The minimum absolute atomic E-state index is 0.0639. The molecule has 1 N–H and O–H groups in total. The largest absolute Gasteiger partial charge is 0.346 e. The summed E-state index contributed by atoms with van der Waals surface area (Å²) in [7, 11) is 0. The summed E-state index contributed by atoms with van der Waals surface area (Å²) in [4.78, 5) is 16.2. The molecule has 1 amide bonds. The molecule has 1 aromatic carbocycles. The lowest BCUT2D eigenvalue weighted by atomic mass is 10.1. The van der Waals surface area contributed by atoms with E-state index in [0.29, 0.717) is 12.1 Å². The average molecular weight is 254 g/mol. The van der Waals surface area contributed by atoms with Gasteiger partial charge in [0.05, 0.1) is 12.2 Å². The van der Waals surface area contributed by atoms with Crippen molar-refractivity contribution in [1.29, 1.82) is 0 Å². The van der Waals surface area contributed by atoms with E-state index in [9.17, 15) is 4.79 Å². The second-order valence-electron chi connectivity index (χ2n) is 4.56. The van der Waals surface area contributed by atoms with E-state index in [1.165, 1.54) is 5.56 Å². The van der Waals surface area contributed by atoms with Gasteiger partial charge in [0.25, 0.3) is 5.91 Å². The van der Waals surface area contributed by atoms with Crippen LogP contribution in [0.3, 0.4) is 0 Å². The van der Waals surface area contributed by atoms with Crippen molar-refractivity contribution in [3.05, 3.63) is 65.0 Å². The summed E-state index contributed by atoms with van der Waals surface area (Å²) < 4.78 is 0. The van der Waals surface area contributed by atoms with E-state index in [-0.39, 0.29) is 5.91 Å². The lowest BCUT2D eigenvalue weighted by Gasteiger charge is -2.06. The summed E-state index contributed by atoms with van der Waals surface area (Å²) in [5.41, 5.74) is 3.94. The van der Waals surface area contributed by atoms with Crippen molar-refractivity contribution in [2.24, 2.45) is 0 Å². The van der Waals surface area contributed by atoms with Crippen LogP contribution in [0.2, 0.25) is 0 Å². The predicted octanol–water partition coefficient (Wildman–Crippen LogP) is 2.88. The molecule has 0 radical (unpaired) electrons. The molecule has 0 unspecified atom stereocenters. The van der Waals surface area contributed by atoms with Crippen LogP contribution in [0.4, 0.5) is 0 Å². The number of pyridine rings is 1. The number of aryl methyl sites for hydroxylation is 2. The highest BCUT2D eigenvalue weighted by Gasteiger charge is 2.05. The normalized spacial score (nSPS) is 10.2. The SMILES string of the molecule is CCc1ccc(C(=O)NCc2cc(C)ccn2)cc1. The molecule has 0 atom stereocenters. The Kier molecular flexibility index (Phi) is 4.29. The van der Waals surface area contributed by atoms with E-state index >= 15 is 0 Å². The number of rotatable bonds is 4. The third-order valence-corrected chi connectivity index (χ3v) is 3.03. The van der Waals surface area contributed by atoms with Crippen LogP contribution < -0.4 is 5.32 Å². The zero-order valence-corrected chi connectivity index (χ0v) is 11.3. The summed E-state index contributed by atoms with van der Waals surface area (Å²) >= 11 is 0. The first kappa shape index (κ1) is 13.3. The fraction of sp³-hybridized carbons (Fsp3) is 0.250. The minimum atomic E-state index is -0.0639. The van der Waals surface area contributed by atoms with Crippen LogP contribution in [0.15, 0.2) is 42.6 Å². The topological polar surface area (TPSA) is 42.0 Å². The Balaban J connectivity index is 1.97. The molecule has 0 saturated heterocycles. The summed E-state index contributed by atoms with van der Waals surface area (Å²) in [5.74, 6) is -0.0639. The lowest BCUT2D eigenvalue weighted by Crippen LogP contribution is -2.23. The predicted molar refractivity (Wildman–Crippen MR) is 76.0 cm³/mol. The van der Waals surface area contributed by atoms with Crippen molar-refractivity contribution in [3.63, 3.8) is 0 Å². The highest BCUT2D eigenvalue weighted by molar-refractivity contribution is 5.94. The van der Waals surface area contributed by atoms with Gasteiger partial charge >= 0.3 is 0 Å². The second-order valence-corrected chi connectivity index (χ2v) is 4.56. The van der Waals surface area contributed by atoms with E-state index in [2.05, 4.69) is 17.2 Å². The molecule has 0 aliphatic heterocycles. The summed E-state index contributed by atoms with van der Waals surface area (Å²) in [6.45, 7) is 4.56. The first-order valence-corrected chi connectivity index (χ1v) is 6.47. The smallest absolute Gasteiger partial charge is 0.251 e. The molecule has 1 aromatic heterocycles. The molecule has 1 heterocycles. The molecule has 2 rings (SSSR count). The number of benzene rings is 1. The zero-order chi connectivity index (χ0) is 13.7. The van der Waals surface area contributed by atoms with Crippen molar-refractivity contribution in [2.45, 2.75) is 26.8 Å². The minimum Gasteiger partial charge on any atom is -0.346 e. The van der Waals surface area contributed by atoms with E-state index in [1.807, 2.05) is 43.3 Å². The van der Waals surface area contributed by atoms with Gasteiger partial charge in [-0.3, -0.25) is 9.78 Å². The van der Waals surface area contributed by atoms with Gasteiger partial charge in [-0.15, -0.1) is 0 Å². The standard InChI is InChI=1S/C16H18N2O/c1-3-13-4-6-14(7-5-13)16(19)18-11-15-10-12(2)8-9-17-15/h4-10H,3,11H2,1-2H3,(H,18,19). The average Bonchev–Trinajstić information content (AvgIpc) is 2.45. The maximum Gasteiger partial charge on any atom is 0.251 e. The van der Waals surface area contributed by atoms with Gasteiger partial charge < -0.3 is 5.32 Å². The molecule has 0 fully saturated rings. The van der Waals surface area contributed by atoms with Gasteiger partial charge in [0.2, 0.25) is 0 Å². The maximum atomic E-state index is 12.0. The second kappa shape index (κ2) is 6.14. The molecule has 0 bridgehead atoms. The zero-order valence-electron chi connectivity index (χ0n) is 11.3. The van der Waals surface area contributed by atoms with Crippen LogP contribution in [0, 0.1) is 6.92 Å². The van der Waals surface area contributed by atoms with Crippen LogP contribution in [0.1, 0.15) is 34.1 Å². The number of aromatic nitrogens is 1. The van der Waals surface area contributed by atoms with E-state index in [4.69, 9.17) is 0 Å². The van der Waals surface area contributed by atoms with Crippen LogP contribution in [0.25, 0.3) is 0 Å². The monoisotopic (exact) mass is 254 g/mol. The number of carbonyl (C=O) groups excluding carboxylic acids is 1. The van der Waals surface area contributed by atoms with Crippen molar-refractivity contribution < 1.29 is 4.79 Å². The molecule has 3 heteroatoms. The third kappa shape index (κ3) is 3.65. The van der Waals surface area contributed by atoms with Gasteiger partial charge in [-0.05, 0) is 48.7 Å². The van der Waals surface area contributed by atoms with E-state index < -0.39 is 0 Å². The van der Waals surface area contributed by atoms with Gasteiger partial charge in [-0.2, -0.15) is 0 Å². The van der Waals surface area contributed by atoms with Gasteiger partial charge in [0, 0.05) is 11.8 Å². The summed E-state index contributed by atoms with van der Waals surface area (Å²) in [6.07, 6.45) is 2.74. The summed E-state index contributed by atoms with van der Waals surface area (Å²) in [5, 5.41) is 2.88. The fourth-order valence-corrected chi connectivity index (χ4v) is 1.86. The van der Waals surface area contributed by atoms with Crippen LogP contribution >= 0.6 is 0 Å². The molecule has 3 nitrogen and oxygen atoms in total. The Morgan fingerprint density at radius 1 is 1.21 bits per heavy atom. The molecule has 98 valence electrons. The van der Waals surface area contributed by atoms with Gasteiger partial charge in [0.15, 0.2) is 0 Å². The van der Waals surface area contributed by atoms with Gasteiger partial charge in [-0.1, -0.05) is 19.1 Å². The van der Waals surface area contributed by atoms with Crippen molar-refractivity contribution in [1.82, 2.24) is 10.3 Å². The Bertz CT molecular complexity index is 561. The number of nitrogens with zero attached hydrogens (tertiary/aromatic N) is 1. The molecular formula is C16H18N2O. The van der Waals surface area contributed by atoms with Crippen molar-refractivity contribution >= 4 is 5.91 Å². The Labute approximate surface area is 113 Å². The van der Waals surface area contributed by atoms with Crippen molar-refractivity contribution in [3.8, 4) is 0 Å². The molecular weight excluding hydrogens is 236 g/mol. The lowest BCUT2D eigenvalue weighted by molar-refractivity contribution is 0.0950. The molecule has 2 aromatic rings. The molecule has 0 aliphatic rings. The first-order valence-electron chi connectivity index (χ1n) is 6.47. The number of hydrogen-bond donors (Lipinski definition) is 1. The molecule has 0 spiro atoms. The van der Waals surface area contributed by atoms with E-state index in [1.54, 1.807) is 6.20 Å². The number of nitrogens with one attached hydrogen (secondary N) is 1. The maximum absolute atomic E-state index is 12.0. The van der Waals surface area contributed by atoms with Crippen molar-refractivity contribution in [2.75, 3.05) is 0 Å². The number of amides is 1. The van der Waals surface area contributed by atoms with E-state index in [0.717, 1.165) is 17.7 Å². The number of hydrogen-bond acceptors (Lipinski definition) is 2. The Morgan fingerprint density at radius 2 is 1.95 bits per heavy atom. The third-order valence-electron chi connectivity index (χ3n) is 3.03. The Hall–Kier alpha value is -2.16. The van der Waals surface area contributed by atoms with Crippen LogP contribution in [-0.2, 0) is 13.0 Å². The van der Waals surface area contributed by atoms with Crippen LogP contribution in [-0.4, -0.2) is 10.9 Å². The Morgan fingerprint density at radius 3 is 2.58 bits per heavy atom. The molecule has 0 aliphatic carbocycles. The van der Waals surface area contributed by atoms with Crippen LogP contribution in [0.5, 0.6) is 0 Å². The number of carbonyl (C=O) groups is 1. The highest BCUT2D eigenvalue weighted by atomic mass is 16.1. The highest BCUT2D eigenvalue weighted by Crippen LogP contribution is 2.05. The van der Waals surface area contributed by atoms with Gasteiger partial charge in [0.1, 0.15) is 0 Å². The first-order chi connectivity index (χ1) is 9.19. The molecule has 19 heavy (non-hydrogen) atoms.